The number of ketones is 1. The lowest BCUT2D eigenvalue weighted by Gasteiger charge is -2.37. The van der Waals surface area contributed by atoms with Gasteiger partial charge in [-0.05, 0) is 121 Å². The number of likely N-dealkylation sites (N-methyl/N-ethyl adjacent to an activating group) is 1. The number of carbonyl (C=O) groups is 1. The largest absolute Gasteiger partial charge is 0.489 e. The first kappa shape index (κ1) is 28.3. The van der Waals surface area contributed by atoms with Crippen molar-refractivity contribution in [1.82, 2.24) is 5.32 Å². The van der Waals surface area contributed by atoms with Crippen molar-refractivity contribution in [2.45, 2.75) is 60.1 Å². The highest BCUT2D eigenvalue weighted by atomic mass is 16.5. The van der Waals surface area contributed by atoms with Crippen molar-refractivity contribution < 1.29 is 9.53 Å². The van der Waals surface area contributed by atoms with Crippen molar-refractivity contribution in [2.24, 2.45) is 10.9 Å². The van der Waals surface area contributed by atoms with Gasteiger partial charge in [0, 0.05) is 12.4 Å². The van der Waals surface area contributed by atoms with Crippen LogP contribution >= 0.6 is 0 Å². The van der Waals surface area contributed by atoms with Crippen LogP contribution in [0.15, 0.2) is 83.5 Å². The van der Waals surface area contributed by atoms with Gasteiger partial charge in [0.25, 0.3) is 0 Å². The van der Waals surface area contributed by atoms with E-state index >= 15 is 0 Å². The van der Waals surface area contributed by atoms with Crippen molar-refractivity contribution in [1.29, 1.82) is 0 Å². The highest BCUT2D eigenvalue weighted by molar-refractivity contribution is 5.99. The molecule has 2 unspecified atom stereocenters. The highest BCUT2D eigenvalue weighted by Crippen LogP contribution is 2.41. The molecule has 0 fully saturated rings. The van der Waals surface area contributed by atoms with E-state index in [4.69, 9.17) is 9.73 Å². The second-order valence-corrected chi connectivity index (χ2v) is 10.7. The number of benzene rings is 3. The Kier molecular flexibility index (Phi) is 8.66. The Morgan fingerprint density at radius 1 is 1.05 bits per heavy atom. The molecule has 4 nitrogen and oxygen atoms in total. The Morgan fingerprint density at radius 2 is 1.77 bits per heavy atom. The molecular formula is C35H40N2O2. The maximum absolute atomic E-state index is 12.5. The van der Waals surface area contributed by atoms with E-state index in [0.717, 1.165) is 62.3 Å². The number of fused-ring (bicyclic) bond motifs is 6. The van der Waals surface area contributed by atoms with Gasteiger partial charge in [-0.1, -0.05) is 56.3 Å². The Balaban J connectivity index is 2.08. The first-order chi connectivity index (χ1) is 18.7. The standard InChI is InChI=1S/C35H40N2O2/c1-8-23(2)20-37-21-26(5)35(36-7)30-14-12-24(3)32(18-30)33(16-27(6)38)29-11-9-10-28(17-29)22-39-34-19-31(35)15-13-25(34)4/h9-21,23,36H,8,22H2,1-7H3/b26-21+,33-16-,37-20?. The van der Waals surface area contributed by atoms with Crippen LogP contribution in [0.1, 0.15) is 73.1 Å². The third-order valence-electron chi connectivity index (χ3n) is 7.78. The molecule has 0 spiro atoms. The monoisotopic (exact) mass is 520 g/mol. The Hall–Kier alpha value is -3.76. The van der Waals surface area contributed by atoms with Crippen LogP contribution < -0.4 is 10.1 Å². The molecule has 4 heteroatoms. The lowest BCUT2D eigenvalue weighted by atomic mass is 9.75. The summed E-state index contributed by atoms with van der Waals surface area (Å²) in [4.78, 5) is 17.2. The van der Waals surface area contributed by atoms with Crippen molar-refractivity contribution in [3.63, 3.8) is 0 Å². The van der Waals surface area contributed by atoms with Crippen molar-refractivity contribution >= 4 is 17.6 Å². The fraction of sp³-hybridized carbons (Fsp3) is 0.314. The molecule has 0 aliphatic carbocycles. The third kappa shape index (κ3) is 5.81. The van der Waals surface area contributed by atoms with Crippen LogP contribution in [0.2, 0.25) is 0 Å². The molecule has 1 heterocycles. The molecule has 4 rings (SSSR count). The minimum atomic E-state index is -0.672. The van der Waals surface area contributed by atoms with E-state index in [2.05, 4.69) is 94.5 Å². The van der Waals surface area contributed by atoms with Gasteiger partial charge in [0.15, 0.2) is 5.78 Å². The molecule has 3 aromatic rings. The summed E-state index contributed by atoms with van der Waals surface area (Å²) in [5.74, 6) is 1.26. The predicted octanol–water partition coefficient (Wildman–Crippen LogP) is 7.70. The number of hydrogen-bond acceptors (Lipinski definition) is 4. The first-order valence-electron chi connectivity index (χ1n) is 13.8. The van der Waals surface area contributed by atoms with Crippen LogP contribution in [-0.4, -0.2) is 19.0 Å². The lowest BCUT2D eigenvalue weighted by molar-refractivity contribution is -0.112. The van der Waals surface area contributed by atoms with E-state index in [0.29, 0.717) is 12.5 Å². The second kappa shape index (κ2) is 12.0. The molecule has 1 aliphatic rings. The minimum Gasteiger partial charge on any atom is -0.489 e. The Morgan fingerprint density at radius 3 is 2.46 bits per heavy atom. The van der Waals surface area contributed by atoms with Gasteiger partial charge in [-0.3, -0.25) is 9.79 Å². The van der Waals surface area contributed by atoms with E-state index in [-0.39, 0.29) is 5.78 Å². The number of nitrogens with zero attached hydrogens (tertiary/aromatic N) is 1. The maximum atomic E-state index is 12.5. The molecular weight excluding hydrogens is 480 g/mol. The van der Waals surface area contributed by atoms with Gasteiger partial charge in [0.05, 0.1) is 5.54 Å². The van der Waals surface area contributed by atoms with Crippen LogP contribution in [0.25, 0.3) is 5.57 Å². The van der Waals surface area contributed by atoms with Gasteiger partial charge in [0.2, 0.25) is 0 Å². The van der Waals surface area contributed by atoms with Gasteiger partial charge in [-0.15, -0.1) is 0 Å². The average molecular weight is 521 g/mol. The number of nitrogens with one attached hydrogen (secondary N) is 1. The van der Waals surface area contributed by atoms with E-state index < -0.39 is 5.54 Å². The zero-order valence-electron chi connectivity index (χ0n) is 24.3. The topological polar surface area (TPSA) is 50.7 Å². The molecule has 0 aromatic heterocycles. The number of aliphatic imine (C=N–C) groups is 1. The zero-order valence-corrected chi connectivity index (χ0v) is 24.3. The molecule has 0 radical (unpaired) electrons. The average Bonchev–Trinajstić information content (AvgIpc) is 2.93. The predicted molar refractivity (Wildman–Crippen MR) is 162 cm³/mol. The molecule has 3 aromatic carbocycles. The zero-order chi connectivity index (χ0) is 28.2. The molecule has 1 N–H and O–H groups in total. The smallest absolute Gasteiger partial charge is 0.153 e. The molecule has 2 atom stereocenters. The first-order valence-corrected chi connectivity index (χ1v) is 13.8. The number of allylic oxidation sites excluding steroid dienone is 1. The van der Waals surface area contributed by atoms with Crippen LogP contribution in [-0.2, 0) is 16.9 Å². The van der Waals surface area contributed by atoms with Crippen molar-refractivity contribution in [3.8, 4) is 5.75 Å². The summed E-state index contributed by atoms with van der Waals surface area (Å²) in [6.45, 7) is 12.7. The highest BCUT2D eigenvalue weighted by Gasteiger charge is 2.36. The molecule has 0 saturated heterocycles. The van der Waals surface area contributed by atoms with E-state index in [1.807, 2.05) is 25.5 Å². The van der Waals surface area contributed by atoms with Gasteiger partial charge >= 0.3 is 0 Å². The number of rotatable bonds is 6. The van der Waals surface area contributed by atoms with Crippen LogP contribution in [0.3, 0.4) is 0 Å². The fourth-order valence-electron chi connectivity index (χ4n) is 5.26. The van der Waals surface area contributed by atoms with Gasteiger partial charge in [-0.25, -0.2) is 0 Å². The SMILES string of the molecule is CCC(C)C=N/C=C(\C)C1(NC)c2ccc(C)c(c2)OCc2cccc(c2)/C(=C/C(C)=O)c2cc1ccc2C. The molecule has 6 bridgehead atoms. The normalized spacial score (nSPS) is 19.2. The molecule has 39 heavy (non-hydrogen) atoms. The van der Waals surface area contributed by atoms with Crippen molar-refractivity contribution in [2.75, 3.05) is 7.05 Å². The van der Waals surface area contributed by atoms with Gasteiger partial charge in [-0.2, -0.15) is 0 Å². The summed E-state index contributed by atoms with van der Waals surface area (Å²) < 4.78 is 6.41. The quantitative estimate of drug-likeness (QED) is 0.268. The number of carbonyl (C=O) groups excluding carboxylic acids is 1. The van der Waals surface area contributed by atoms with Gasteiger partial charge in [0.1, 0.15) is 12.4 Å². The fourth-order valence-corrected chi connectivity index (χ4v) is 5.26. The maximum Gasteiger partial charge on any atom is 0.153 e. The van der Waals surface area contributed by atoms with Crippen LogP contribution in [0.4, 0.5) is 0 Å². The summed E-state index contributed by atoms with van der Waals surface area (Å²) in [5.41, 5.74) is 8.69. The van der Waals surface area contributed by atoms with Crippen molar-refractivity contribution in [3.05, 3.63) is 117 Å². The second-order valence-electron chi connectivity index (χ2n) is 10.7. The molecule has 0 saturated carbocycles. The van der Waals surface area contributed by atoms with E-state index in [1.54, 1.807) is 13.0 Å². The number of aryl methyl sites for hydroxylation is 2. The number of ether oxygens (including phenoxy) is 1. The Bertz CT molecular complexity index is 1460. The summed E-state index contributed by atoms with van der Waals surface area (Å²) in [5, 5.41) is 3.67. The van der Waals surface area contributed by atoms with E-state index in [9.17, 15) is 4.79 Å². The van der Waals surface area contributed by atoms with Crippen LogP contribution in [0.5, 0.6) is 5.75 Å². The summed E-state index contributed by atoms with van der Waals surface area (Å²) in [6.07, 6.45) is 6.77. The third-order valence-corrected chi connectivity index (χ3v) is 7.78. The Labute approximate surface area is 233 Å². The molecule has 202 valence electrons. The minimum absolute atomic E-state index is 0.0124. The molecule has 1 aliphatic heterocycles. The molecule has 0 amide bonds. The van der Waals surface area contributed by atoms with E-state index in [1.165, 1.54) is 0 Å². The van der Waals surface area contributed by atoms with Gasteiger partial charge < -0.3 is 10.1 Å². The summed E-state index contributed by atoms with van der Waals surface area (Å²) >= 11 is 0. The van der Waals surface area contributed by atoms with Crippen LogP contribution in [0, 0.1) is 19.8 Å². The summed E-state index contributed by atoms with van der Waals surface area (Å²) in [7, 11) is 1.99. The lowest BCUT2D eigenvalue weighted by Crippen LogP contribution is -2.42. The summed E-state index contributed by atoms with van der Waals surface area (Å²) in [6, 6.07) is 21.3. The number of hydrogen-bond donors (Lipinski definition) is 1.